The number of urea groups is 1. The molecule has 0 bridgehead atoms. The number of anilines is 2. The van der Waals surface area contributed by atoms with Gasteiger partial charge in [-0.3, -0.25) is 4.79 Å². The van der Waals surface area contributed by atoms with E-state index >= 15 is 0 Å². The van der Waals surface area contributed by atoms with Gasteiger partial charge < -0.3 is 15.5 Å². The summed E-state index contributed by atoms with van der Waals surface area (Å²) < 4.78 is 0.890. The maximum absolute atomic E-state index is 12.1. The first-order valence-electron chi connectivity index (χ1n) is 7.30. The van der Waals surface area contributed by atoms with Crippen molar-refractivity contribution in [2.45, 2.75) is 12.5 Å². The van der Waals surface area contributed by atoms with Gasteiger partial charge in [-0.05, 0) is 30.3 Å². The fourth-order valence-corrected chi connectivity index (χ4v) is 2.98. The standard InChI is InChI=1S/C17H16BrN3O2/c18-12-5-4-6-13(9-12)19-17(23)20-14-10-16(22)21(11-14)15-7-2-1-3-8-15/h1-9,14H,10-11H2,(H2,19,20,23). The number of hydrogen-bond acceptors (Lipinski definition) is 2. The number of rotatable bonds is 3. The Kier molecular flexibility index (Phi) is 4.62. The van der Waals surface area contributed by atoms with Gasteiger partial charge in [0, 0.05) is 28.8 Å². The molecule has 1 unspecified atom stereocenters. The Morgan fingerprint density at radius 2 is 1.91 bits per heavy atom. The number of benzene rings is 2. The first kappa shape index (κ1) is 15.6. The number of carbonyl (C=O) groups excluding carboxylic acids is 2. The minimum absolute atomic E-state index is 0.0176. The van der Waals surface area contributed by atoms with Gasteiger partial charge in [0.15, 0.2) is 0 Å². The lowest BCUT2D eigenvalue weighted by Gasteiger charge is -2.17. The molecule has 0 saturated carbocycles. The van der Waals surface area contributed by atoms with Crippen LogP contribution in [0.15, 0.2) is 59.1 Å². The molecule has 3 amide bonds. The Balaban J connectivity index is 1.59. The van der Waals surface area contributed by atoms with Gasteiger partial charge in [0.25, 0.3) is 0 Å². The van der Waals surface area contributed by atoms with E-state index in [0.717, 1.165) is 10.2 Å². The van der Waals surface area contributed by atoms with Crippen LogP contribution in [0.1, 0.15) is 6.42 Å². The molecule has 1 saturated heterocycles. The number of hydrogen-bond donors (Lipinski definition) is 2. The highest BCUT2D eigenvalue weighted by Gasteiger charge is 2.31. The molecule has 23 heavy (non-hydrogen) atoms. The van der Waals surface area contributed by atoms with E-state index in [4.69, 9.17) is 0 Å². The van der Waals surface area contributed by atoms with E-state index in [-0.39, 0.29) is 18.0 Å². The van der Waals surface area contributed by atoms with E-state index in [1.54, 1.807) is 11.0 Å². The predicted molar refractivity (Wildman–Crippen MR) is 93.5 cm³/mol. The van der Waals surface area contributed by atoms with Crippen molar-refractivity contribution in [3.63, 3.8) is 0 Å². The number of para-hydroxylation sites is 1. The van der Waals surface area contributed by atoms with Crippen LogP contribution in [0.5, 0.6) is 0 Å². The van der Waals surface area contributed by atoms with E-state index < -0.39 is 0 Å². The Morgan fingerprint density at radius 1 is 1.13 bits per heavy atom. The molecular formula is C17H16BrN3O2. The highest BCUT2D eigenvalue weighted by Crippen LogP contribution is 2.21. The Labute approximate surface area is 142 Å². The summed E-state index contributed by atoms with van der Waals surface area (Å²) in [5, 5.41) is 5.62. The number of nitrogens with one attached hydrogen (secondary N) is 2. The molecule has 3 rings (SSSR count). The van der Waals surface area contributed by atoms with Crippen molar-refractivity contribution >= 4 is 39.2 Å². The van der Waals surface area contributed by atoms with E-state index in [1.165, 1.54) is 0 Å². The molecule has 1 aliphatic rings. The molecule has 2 aromatic rings. The summed E-state index contributed by atoms with van der Waals surface area (Å²) >= 11 is 3.36. The summed E-state index contributed by atoms with van der Waals surface area (Å²) in [6.45, 7) is 0.481. The Bertz CT molecular complexity index is 721. The van der Waals surface area contributed by atoms with Crippen molar-refractivity contribution in [3.8, 4) is 0 Å². The van der Waals surface area contributed by atoms with Crippen LogP contribution in [0.3, 0.4) is 0 Å². The summed E-state index contributed by atoms with van der Waals surface area (Å²) in [5.41, 5.74) is 1.55. The van der Waals surface area contributed by atoms with Gasteiger partial charge in [0.1, 0.15) is 0 Å². The van der Waals surface area contributed by atoms with Crippen LogP contribution in [0.2, 0.25) is 0 Å². The molecule has 1 fully saturated rings. The smallest absolute Gasteiger partial charge is 0.319 e. The SMILES string of the molecule is O=C(Nc1cccc(Br)c1)NC1CC(=O)N(c2ccccc2)C1. The van der Waals surface area contributed by atoms with Crippen molar-refractivity contribution in [1.29, 1.82) is 0 Å². The average molecular weight is 374 g/mol. The first-order valence-corrected chi connectivity index (χ1v) is 8.09. The number of halogens is 1. The lowest BCUT2D eigenvalue weighted by Crippen LogP contribution is -2.39. The molecular weight excluding hydrogens is 358 g/mol. The molecule has 6 heteroatoms. The summed E-state index contributed by atoms with van der Waals surface area (Å²) in [5.74, 6) is 0.0176. The van der Waals surface area contributed by atoms with Crippen molar-refractivity contribution in [3.05, 3.63) is 59.1 Å². The van der Waals surface area contributed by atoms with Crippen LogP contribution >= 0.6 is 15.9 Å². The maximum Gasteiger partial charge on any atom is 0.319 e. The van der Waals surface area contributed by atoms with Gasteiger partial charge in [0.05, 0.1) is 6.04 Å². The van der Waals surface area contributed by atoms with E-state index in [0.29, 0.717) is 18.7 Å². The Hall–Kier alpha value is -2.34. The second-order valence-corrected chi connectivity index (χ2v) is 6.27. The van der Waals surface area contributed by atoms with Gasteiger partial charge in [0.2, 0.25) is 5.91 Å². The van der Waals surface area contributed by atoms with Gasteiger partial charge in [-0.15, -0.1) is 0 Å². The van der Waals surface area contributed by atoms with Crippen molar-refractivity contribution in [1.82, 2.24) is 5.32 Å². The van der Waals surface area contributed by atoms with Gasteiger partial charge in [-0.2, -0.15) is 0 Å². The lowest BCUT2D eigenvalue weighted by molar-refractivity contribution is -0.117. The zero-order valence-electron chi connectivity index (χ0n) is 12.3. The van der Waals surface area contributed by atoms with Gasteiger partial charge >= 0.3 is 6.03 Å². The number of carbonyl (C=O) groups is 2. The van der Waals surface area contributed by atoms with E-state index in [1.807, 2.05) is 48.5 Å². The third-order valence-corrected chi connectivity index (χ3v) is 4.10. The van der Waals surface area contributed by atoms with Crippen LogP contribution in [0, 0.1) is 0 Å². The van der Waals surface area contributed by atoms with Crippen LogP contribution in [-0.2, 0) is 4.79 Å². The third kappa shape index (κ3) is 3.90. The molecule has 0 radical (unpaired) electrons. The quantitative estimate of drug-likeness (QED) is 0.866. The lowest BCUT2D eigenvalue weighted by atomic mass is 10.2. The molecule has 2 aromatic carbocycles. The summed E-state index contributed by atoms with van der Waals surface area (Å²) in [6, 6.07) is 16.3. The van der Waals surface area contributed by atoms with Crippen molar-refractivity contribution in [2.75, 3.05) is 16.8 Å². The molecule has 0 spiro atoms. The zero-order chi connectivity index (χ0) is 16.2. The molecule has 118 valence electrons. The van der Waals surface area contributed by atoms with E-state index in [9.17, 15) is 9.59 Å². The first-order chi connectivity index (χ1) is 11.1. The highest BCUT2D eigenvalue weighted by atomic mass is 79.9. The van der Waals surface area contributed by atoms with Crippen molar-refractivity contribution in [2.24, 2.45) is 0 Å². The van der Waals surface area contributed by atoms with Crippen LogP contribution in [0.4, 0.5) is 16.2 Å². The summed E-state index contributed by atoms with van der Waals surface area (Å²) in [6.07, 6.45) is 0.306. The van der Waals surface area contributed by atoms with Crippen LogP contribution in [-0.4, -0.2) is 24.5 Å². The monoisotopic (exact) mass is 373 g/mol. The molecule has 2 N–H and O–H groups in total. The minimum Gasteiger partial charge on any atom is -0.333 e. The molecule has 1 heterocycles. The number of amides is 3. The molecule has 5 nitrogen and oxygen atoms in total. The highest BCUT2D eigenvalue weighted by molar-refractivity contribution is 9.10. The molecule has 1 aliphatic heterocycles. The van der Waals surface area contributed by atoms with Crippen LogP contribution in [0.25, 0.3) is 0 Å². The van der Waals surface area contributed by atoms with Crippen molar-refractivity contribution < 1.29 is 9.59 Å². The van der Waals surface area contributed by atoms with E-state index in [2.05, 4.69) is 26.6 Å². The predicted octanol–water partition coefficient (Wildman–Crippen LogP) is 3.38. The second-order valence-electron chi connectivity index (χ2n) is 5.35. The average Bonchev–Trinajstić information content (AvgIpc) is 2.88. The Morgan fingerprint density at radius 3 is 2.65 bits per heavy atom. The topological polar surface area (TPSA) is 61.4 Å². The fourth-order valence-electron chi connectivity index (χ4n) is 2.58. The maximum atomic E-state index is 12.1. The molecule has 0 aliphatic carbocycles. The van der Waals surface area contributed by atoms with Crippen LogP contribution < -0.4 is 15.5 Å². The minimum atomic E-state index is -0.309. The third-order valence-electron chi connectivity index (χ3n) is 3.61. The molecule has 1 atom stereocenters. The second kappa shape index (κ2) is 6.83. The normalized spacial score (nSPS) is 17.2. The summed E-state index contributed by atoms with van der Waals surface area (Å²) in [7, 11) is 0. The van der Waals surface area contributed by atoms with Gasteiger partial charge in [-0.1, -0.05) is 40.2 Å². The largest absolute Gasteiger partial charge is 0.333 e. The van der Waals surface area contributed by atoms with Gasteiger partial charge in [-0.25, -0.2) is 4.79 Å². The molecule has 0 aromatic heterocycles. The fraction of sp³-hybridized carbons (Fsp3) is 0.176. The zero-order valence-corrected chi connectivity index (χ0v) is 13.9. The number of nitrogens with zero attached hydrogens (tertiary/aromatic N) is 1. The summed E-state index contributed by atoms with van der Waals surface area (Å²) in [4.78, 5) is 25.9.